The third kappa shape index (κ3) is 3.30. The fourth-order valence-electron chi connectivity index (χ4n) is 3.18. The highest BCUT2D eigenvalue weighted by Crippen LogP contribution is 2.31. The minimum atomic E-state index is -0.0145. The Bertz CT molecular complexity index is 457. The molecule has 0 bridgehead atoms. The number of carbonyl (C=O) groups is 1. The topological polar surface area (TPSA) is 41.6 Å². The van der Waals surface area contributed by atoms with Crippen molar-refractivity contribution in [3.8, 4) is 0 Å². The molecular formula is C16H24N2O2S. The van der Waals surface area contributed by atoms with Gasteiger partial charge in [0, 0.05) is 23.9 Å². The van der Waals surface area contributed by atoms with E-state index in [1.807, 2.05) is 4.90 Å². The van der Waals surface area contributed by atoms with E-state index in [-0.39, 0.29) is 18.1 Å². The first-order chi connectivity index (χ1) is 10.3. The average Bonchev–Trinajstić information content (AvgIpc) is 3.21. The molecule has 4 nitrogen and oxygen atoms in total. The second kappa shape index (κ2) is 6.90. The number of hydrogen-bond acceptors (Lipinski definition) is 4. The van der Waals surface area contributed by atoms with Gasteiger partial charge in [0.25, 0.3) is 0 Å². The number of amides is 1. The first kappa shape index (κ1) is 15.0. The molecule has 0 aromatic carbocycles. The van der Waals surface area contributed by atoms with Crippen LogP contribution in [0.3, 0.4) is 0 Å². The highest BCUT2D eigenvalue weighted by Gasteiger charge is 2.40. The lowest BCUT2D eigenvalue weighted by molar-refractivity contribution is -0.130. The molecule has 3 atom stereocenters. The number of hydrogen-bond donors (Lipinski definition) is 1. The van der Waals surface area contributed by atoms with Crippen molar-refractivity contribution in [1.82, 2.24) is 10.2 Å². The molecule has 1 amide bonds. The molecule has 0 aliphatic carbocycles. The summed E-state index contributed by atoms with van der Waals surface area (Å²) in [5.41, 5.74) is 0. The summed E-state index contributed by atoms with van der Waals surface area (Å²) in [5, 5.41) is 5.63. The Morgan fingerprint density at radius 3 is 3.10 bits per heavy atom. The van der Waals surface area contributed by atoms with Gasteiger partial charge in [0.2, 0.25) is 5.91 Å². The summed E-state index contributed by atoms with van der Waals surface area (Å²) < 4.78 is 5.46. The molecule has 2 aliphatic heterocycles. The molecule has 3 unspecified atom stereocenters. The predicted octanol–water partition coefficient (Wildman–Crippen LogP) is 2.77. The van der Waals surface area contributed by atoms with Gasteiger partial charge >= 0.3 is 0 Å². The molecule has 1 aromatic heterocycles. The van der Waals surface area contributed by atoms with Gasteiger partial charge in [0.05, 0.1) is 12.6 Å². The highest BCUT2D eigenvalue weighted by atomic mass is 32.1. The van der Waals surface area contributed by atoms with E-state index in [4.69, 9.17) is 4.74 Å². The smallest absolute Gasteiger partial charge is 0.241 e. The number of nitrogens with one attached hydrogen (secondary N) is 1. The largest absolute Gasteiger partial charge is 0.381 e. The van der Waals surface area contributed by atoms with E-state index < -0.39 is 0 Å². The number of rotatable bonds is 6. The maximum absolute atomic E-state index is 12.7. The van der Waals surface area contributed by atoms with E-state index in [2.05, 4.69) is 29.8 Å². The molecule has 0 saturated carbocycles. The van der Waals surface area contributed by atoms with Crippen LogP contribution in [0, 0.1) is 5.92 Å². The molecule has 2 aliphatic rings. The van der Waals surface area contributed by atoms with E-state index in [0.717, 1.165) is 45.4 Å². The van der Waals surface area contributed by atoms with E-state index in [1.165, 1.54) is 4.88 Å². The zero-order valence-electron chi connectivity index (χ0n) is 12.6. The maximum atomic E-state index is 12.7. The number of ether oxygens (including phenoxy) is 1. The standard InChI is InChI=1S/C16H24N2O2S/c1-2-3-5-13-16(19)18(10-12-7-8-20-11-12)15(17-13)14-6-4-9-21-14/h4,6,9,12-13,15,17H,2-3,5,7-8,10-11H2,1H3. The summed E-state index contributed by atoms with van der Waals surface area (Å²) in [6.45, 7) is 4.62. The molecule has 5 heteroatoms. The van der Waals surface area contributed by atoms with Gasteiger partial charge in [-0.15, -0.1) is 11.3 Å². The maximum Gasteiger partial charge on any atom is 0.241 e. The molecule has 116 valence electrons. The van der Waals surface area contributed by atoms with Gasteiger partial charge in [-0.2, -0.15) is 0 Å². The van der Waals surface area contributed by atoms with Crippen LogP contribution in [-0.4, -0.2) is 36.6 Å². The van der Waals surface area contributed by atoms with Crippen molar-refractivity contribution in [2.45, 2.75) is 44.8 Å². The van der Waals surface area contributed by atoms with E-state index >= 15 is 0 Å². The molecule has 3 rings (SSSR count). The Hall–Kier alpha value is -0.910. The molecular weight excluding hydrogens is 284 g/mol. The SMILES string of the molecule is CCCCC1NC(c2cccs2)N(CC2CCOC2)C1=O. The van der Waals surface area contributed by atoms with Crippen LogP contribution in [0.2, 0.25) is 0 Å². The molecule has 1 N–H and O–H groups in total. The second-order valence-electron chi connectivity index (χ2n) is 6.00. The Kier molecular flexibility index (Phi) is 4.93. The van der Waals surface area contributed by atoms with Gasteiger partial charge in [-0.25, -0.2) is 0 Å². The quantitative estimate of drug-likeness (QED) is 0.878. The summed E-state index contributed by atoms with van der Waals surface area (Å²) >= 11 is 1.72. The van der Waals surface area contributed by atoms with Crippen LogP contribution in [0.25, 0.3) is 0 Å². The van der Waals surface area contributed by atoms with Crippen LogP contribution in [0.15, 0.2) is 17.5 Å². The summed E-state index contributed by atoms with van der Waals surface area (Å²) in [6, 6.07) is 4.16. The molecule has 0 spiro atoms. The van der Waals surface area contributed by atoms with Gasteiger partial charge < -0.3 is 9.64 Å². The minimum Gasteiger partial charge on any atom is -0.381 e. The van der Waals surface area contributed by atoms with Crippen LogP contribution >= 0.6 is 11.3 Å². The van der Waals surface area contributed by atoms with Crippen molar-refractivity contribution in [2.24, 2.45) is 5.92 Å². The molecule has 3 heterocycles. The fourth-order valence-corrected chi connectivity index (χ4v) is 3.97. The van der Waals surface area contributed by atoms with Gasteiger partial charge in [-0.3, -0.25) is 10.1 Å². The molecule has 2 saturated heterocycles. The van der Waals surface area contributed by atoms with E-state index in [0.29, 0.717) is 5.92 Å². The third-order valence-electron chi connectivity index (χ3n) is 4.39. The van der Waals surface area contributed by atoms with E-state index in [9.17, 15) is 4.79 Å². The Balaban J connectivity index is 1.73. The lowest BCUT2D eigenvalue weighted by Gasteiger charge is -2.25. The van der Waals surface area contributed by atoms with Crippen molar-refractivity contribution in [3.05, 3.63) is 22.4 Å². The Morgan fingerprint density at radius 2 is 2.43 bits per heavy atom. The number of unbranched alkanes of at least 4 members (excludes halogenated alkanes) is 1. The third-order valence-corrected chi connectivity index (χ3v) is 5.31. The first-order valence-corrected chi connectivity index (χ1v) is 8.85. The van der Waals surface area contributed by atoms with Gasteiger partial charge in [0.15, 0.2) is 0 Å². The van der Waals surface area contributed by atoms with Crippen LogP contribution in [0.4, 0.5) is 0 Å². The van der Waals surface area contributed by atoms with Crippen LogP contribution in [-0.2, 0) is 9.53 Å². The van der Waals surface area contributed by atoms with Gasteiger partial charge in [-0.05, 0) is 24.3 Å². The Morgan fingerprint density at radius 1 is 1.52 bits per heavy atom. The minimum absolute atomic E-state index is 0.0145. The summed E-state index contributed by atoms with van der Waals surface area (Å²) in [4.78, 5) is 16.0. The summed E-state index contributed by atoms with van der Waals surface area (Å²) in [5.74, 6) is 0.761. The van der Waals surface area contributed by atoms with Crippen LogP contribution in [0.1, 0.15) is 43.6 Å². The number of nitrogens with zero attached hydrogens (tertiary/aromatic N) is 1. The fraction of sp³-hybridized carbons (Fsp3) is 0.688. The summed E-state index contributed by atoms with van der Waals surface area (Å²) in [7, 11) is 0. The van der Waals surface area contributed by atoms with Crippen LogP contribution in [0.5, 0.6) is 0 Å². The van der Waals surface area contributed by atoms with Crippen molar-refractivity contribution in [1.29, 1.82) is 0 Å². The average molecular weight is 308 g/mol. The highest BCUT2D eigenvalue weighted by molar-refractivity contribution is 7.10. The molecule has 1 aromatic rings. The van der Waals surface area contributed by atoms with Gasteiger partial charge in [-0.1, -0.05) is 25.8 Å². The second-order valence-corrected chi connectivity index (χ2v) is 6.98. The van der Waals surface area contributed by atoms with Crippen molar-refractivity contribution < 1.29 is 9.53 Å². The van der Waals surface area contributed by atoms with Crippen molar-refractivity contribution in [2.75, 3.05) is 19.8 Å². The van der Waals surface area contributed by atoms with E-state index in [1.54, 1.807) is 11.3 Å². The van der Waals surface area contributed by atoms with Crippen molar-refractivity contribution in [3.63, 3.8) is 0 Å². The predicted molar refractivity (Wildman–Crippen MR) is 84.1 cm³/mol. The first-order valence-electron chi connectivity index (χ1n) is 7.97. The normalized spacial score (nSPS) is 29.5. The monoisotopic (exact) mass is 308 g/mol. The molecule has 21 heavy (non-hydrogen) atoms. The number of carbonyl (C=O) groups excluding carboxylic acids is 1. The van der Waals surface area contributed by atoms with Crippen molar-refractivity contribution >= 4 is 17.2 Å². The zero-order chi connectivity index (χ0) is 14.7. The molecule has 2 fully saturated rings. The van der Waals surface area contributed by atoms with Gasteiger partial charge in [0.1, 0.15) is 6.17 Å². The zero-order valence-corrected chi connectivity index (χ0v) is 13.4. The number of thiophene rings is 1. The summed E-state index contributed by atoms with van der Waals surface area (Å²) in [6.07, 6.45) is 4.29. The van der Waals surface area contributed by atoms with Crippen LogP contribution < -0.4 is 5.32 Å². The lowest BCUT2D eigenvalue weighted by atomic mass is 10.1. The lowest BCUT2D eigenvalue weighted by Crippen LogP contribution is -2.35. The Labute approximate surface area is 130 Å². The molecule has 0 radical (unpaired) electrons.